The van der Waals surface area contributed by atoms with E-state index in [1.54, 1.807) is 18.2 Å². The molecule has 2 aliphatic rings. The van der Waals surface area contributed by atoms with Gasteiger partial charge < -0.3 is 25.4 Å². The van der Waals surface area contributed by atoms with Crippen LogP contribution in [0.5, 0.6) is 5.75 Å². The number of hydrogen-bond acceptors (Lipinski definition) is 8. The number of ether oxygens (including phenoxy) is 2. The Balaban J connectivity index is 1.53. The van der Waals surface area contributed by atoms with Gasteiger partial charge in [-0.05, 0) is 31.2 Å². The molecular formula is C24H24FN5O4. The molecule has 1 aromatic heterocycles. The molecule has 2 aromatic rings. The molecule has 34 heavy (non-hydrogen) atoms. The van der Waals surface area contributed by atoms with Gasteiger partial charge in [-0.3, -0.25) is 9.59 Å². The molecule has 0 saturated carbocycles. The van der Waals surface area contributed by atoms with Crippen molar-refractivity contribution in [3.8, 4) is 5.75 Å². The molecule has 1 atom stereocenters. The van der Waals surface area contributed by atoms with Crippen molar-refractivity contribution in [3.63, 3.8) is 0 Å². The third kappa shape index (κ3) is 5.12. The number of Topliss-reactive ketones (excluding diaryl/α,β-unsaturated/α-hetero) is 1. The highest BCUT2D eigenvalue weighted by atomic mass is 19.1. The molecule has 9 nitrogen and oxygen atoms in total. The normalized spacial score (nSPS) is 18.1. The van der Waals surface area contributed by atoms with Crippen molar-refractivity contribution >= 4 is 29.1 Å². The van der Waals surface area contributed by atoms with Crippen LogP contribution in [0.4, 0.5) is 21.8 Å². The first-order valence-corrected chi connectivity index (χ1v) is 10.8. The lowest BCUT2D eigenvalue weighted by atomic mass is 10.0. The number of carbonyl (C=O) groups excluding carboxylic acids is 2. The summed E-state index contributed by atoms with van der Waals surface area (Å²) in [5.74, 6) is -0.790. The number of allylic oxidation sites excluding steroid dienone is 4. The number of fused-ring (bicyclic) bond motifs is 1. The monoisotopic (exact) mass is 465 g/mol. The van der Waals surface area contributed by atoms with Gasteiger partial charge in [-0.1, -0.05) is 12.2 Å². The molecule has 2 heterocycles. The van der Waals surface area contributed by atoms with Crippen LogP contribution in [0.15, 0.2) is 60.0 Å². The van der Waals surface area contributed by atoms with Gasteiger partial charge in [0.25, 0.3) is 0 Å². The summed E-state index contributed by atoms with van der Waals surface area (Å²) in [6.07, 6.45) is 7.50. The third-order valence-electron chi connectivity index (χ3n) is 5.19. The summed E-state index contributed by atoms with van der Waals surface area (Å²) in [5, 5.41) is 8.19. The predicted molar refractivity (Wildman–Crippen MR) is 124 cm³/mol. The number of nitrogens with one attached hydrogen (secondary N) is 3. The highest BCUT2D eigenvalue weighted by molar-refractivity contribution is 6.15. The van der Waals surface area contributed by atoms with Crippen molar-refractivity contribution in [2.75, 3.05) is 30.9 Å². The van der Waals surface area contributed by atoms with E-state index in [1.165, 1.54) is 25.3 Å². The number of aromatic nitrogens is 2. The molecule has 1 aliphatic carbocycles. The van der Waals surface area contributed by atoms with Crippen LogP contribution in [0, 0.1) is 5.82 Å². The van der Waals surface area contributed by atoms with Crippen LogP contribution in [0.3, 0.4) is 0 Å². The van der Waals surface area contributed by atoms with Crippen LogP contribution >= 0.6 is 0 Å². The Morgan fingerprint density at radius 2 is 2.21 bits per heavy atom. The highest BCUT2D eigenvalue weighted by Crippen LogP contribution is 2.37. The van der Waals surface area contributed by atoms with Crippen molar-refractivity contribution in [1.82, 2.24) is 15.3 Å². The zero-order chi connectivity index (χ0) is 24.1. The predicted octanol–water partition coefficient (Wildman–Crippen LogP) is 3.33. The molecule has 1 unspecified atom stereocenters. The van der Waals surface area contributed by atoms with Gasteiger partial charge in [0.15, 0.2) is 11.6 Å². The Labute approximate surface area is 195 Å². The number of anilines is 3. The van der Waals surface area contributed by atoms with E-state index in [-0.39, 0.29) is 29.1 Å². The number of benzene rings is 1. The van der Waals surface area contributed by atoms with Crippen LogP contribution in [0.25, 0.3) is 0 Å². The molecule has 10 heteroatoms. The Morgan fingerprint density at radius 3 is 3.00 bits per heavy atom. The van der Waals surface area contributed by atoms with Gasteiger partial charge in [-0.25, -0.2) is 9.37 Å². The van der Waals surface area contributed by atoms with E-state index in [1.807, 2.05) is 13.0 Å². The largest absolute Gasteiger partial charge is 0.493 e. The average molecular weight is 465 g/mol. The zero-order valence-corrected chi connectivity index (χ0v) is 18.7. The molecule has 4 rings (SSSR count). The van der Waals surface area contributed by atoms with Gasteiger partial charge in [-0.2, -0.15) is 4.98 Å². The second-order valence-corrected chi connectivity index (χ2v) is 7.46. The lowest BCUT2D eigenvalue weighted by molar-refractivity contribution is -0.117. The fourth-order valence-corrected chi connectivity index (χ4v) is 3.57. The Morgan fingerprint density at radius 1 is 1.35 bits per heavy atom. The number of amides is 1. The van der Waals surface area contributed by atoms with Crippen molar-refractivity contribution in [3.05, 3.63) is 71.4 Å². The Kier molecular flexibility index (Phi) is 6.98. The van der Waals surface area contributed by atoms with Gasteiger partial charge in [0.1, 0.15) is 5.75 Å². The summed E-state index contributed by atoms with van der Waals surface area (Å²) in [4.78, 5) is 32.3. The molecule has 0 spiro atoms. The summed E-state index contributed by atoms with van der Waals surface area (Å²) in [6.45, 7) is 3.08. The number of rotatable bonds is 7. The van der Waals surface area contributed by atoms with Gasteiger partial charge in [0, 0.05) is 43.0 Å². The van der Waals surface area contributed by atoms with E-state index in [0.717, 1.165) is 23.9 Å². The minimum Gasteiger partial charge on any atom is -0.493 e. The Bertz CT molecular complexity index is 1210. The lowest BCUT2D eigenvalue weighted by Gasteiger charge is -2.26. The summed E-state index contributed by atoms with van der Waals surface area (Å²) in [6, 6.07) is 5.41. The minimum absolute atomic E-state index is 0.0200. The fraction of sp³-hybridized carbons (Fsp3) is 0.250. The third-order valence-corrected chi connectivity index (χ3v) is 5.19. The minimum atomic E-state index is -0.662. The molecule has 176 valence electrons. The van der Waals surface area contributed by atoms with Crippen LogP contribution in [0.1, 0.15) is 25.0 Å². The van der Waals surface area contributed by atoms with E-state index in [0.29, 0.717) is 18.9 Å². The van der Waals surface area contributed by atoms with E-state index < -0.39 is 17.5 Å². The first kappa shape index (κ1) is 23.1. The molecule has 0 saturated heterocycles. The van der Waals surface area contributed by atoms with E-state index >= 15 is 0 Å². The quantitative estimate of drug-likeness (QED) is 0.534. The molecule has 1 amide bonds. The molecule has 3 N–H and O–H groups in total. The lowest BCUT2D eigenvalue weighted by Crippen LogP contribution is -2.20. The SMILES string of the molecule is CCOC1CCOc2ccc(Nc3nc(NC4=CC=CC(=CC(=O)NC)C4=O)ncc3F)cc21. The van der Waals surface area contributed by atoms with Gasteiger partial charge >= 0.3 is 0 Å². The standard InChI is InChI=1S/C24H24FN5O4/c1-3-33-20-9-10-34-19-8-7-15(12-16(19)20)28-23-17(25)13-27-24(30-23)29-18-6-4-5-14(22(18)32)11-21(31)26-2/h4-8,11-13,20H,3,9-10H2,1-2H3,(H,26,31)(H2,27,28,29,30). The number of likely N-dealkylation sites (N-methyl/N-ethyl adjacent to an activating group) is 1. The maximum atomic E-state index is 14.5. The second kappa shape index (κ2) is 10.3. The van der Waals surface area contributed by atoms with Crippen molar-refractivity contribution < 1.29 is 23.5 Å². The van der Waals surface area contributed by atoms with Crippen molar-refractivity contribution in [2.45, 2.75) is 19.4 Å². The molecule has 0 fully saturated rings. The first-order chi connectivity index (χ1) is 16.5. The number of halogens is 1. The van der Waals surface area contributed by atoms with Crippen LogP contribution in [-0.4, -0.2) is 41.9 Å². The Hall–Kier alpha value is -4.05. The fourth-order valence-electron chi connectivity index (χ4n) is 3.57. The van der Waals surface area contributed by atoms with E-state index in [9.17, 15) is 14.0 Å². The van der Waals surface area contributed by atoms with Gasteiger partial charge in [-0.15, -0.1) is 0 Å². The maximum Gasteiger partial charge on any atom is 0.244 e. The van der Waals surface area contributed by atoms with Crippen molar-refractivity contribution in [1.29, 1.82) is 0 Å². The molecular weight excluding hydrogens is 441 g/mol. The van der Waals surface area contributed by atoms with Crippen LogP contribution in [0.2, 0.25) is 0 Å². The number of carbonyl (C=O) groups is 2. The summed E-state index contributed by atoms with van der Waals surface area (Å²) < 4.78 is 26.0. The highest BCUT2D eigenvalue weighted by Gasteiger charge is 2.23. The molecule has 0 bridgehead atoms. The number of hydrogen-bond donors (Lipinski definition) is 3. The van der Waals surface area contributed by atoms with E-state index in [4.69, 9.17) is 9.47 Å². The molecule has 0 radical (unpaired) electrons. The molecule has 1 aliphatic heterocycles. The van der Waals surface area contributed by atoms with Gasteiger partial charge in [0.05, 0.1) is 24.6 Å². The van der Waals surface area contributed by atoms with Crippen molar-refractivity contribution in [2.24, 2.45) is 0 Å². The molecule has 1 aromatic carbocycles. The maximum absolute atomic E-state index is 14.5. The smallest absolute Gasteiger partial charge is 0.244 e. The first-order valence-electron chi connectivity index (χ1n) is 10.8. The van der Waals surface area contributed by atoms with Crippen LogP contribution in [-0.2, 0) is 14.3 Å². The number of nitrogens with zero attached hydrogens (tertiary/aromatic N) is 2. The van der Waals surface area contributed by atoms with E-state index in [2.05, 4.69) is 25.9 Å². The zero-order valence-electron chi connectivity index (χ0n) is 18.7. The second-order valence-electron chi connectivity index (χ2n) is 7.46. The van der Waals surface area contributed by atoms with Crippen LogP contribution < -0.4 is 20.7 Å². The summed E-state index contributed by atoms with van der Waals surface area (Å²) in [7, 11) is 1.47. The topological polar surface area (TPSA) is 114 Å². The number of ketones is 1. The van der Waals surface area contributed by atoms with Gasteiger partial charge in [0.2, 0.25) is 17.6 Å². The summed E-state index contributed by atoms with van der Waals surface area (Å²) in [5.41, 5.74) is 1.83. The summed E-state index contributed by atoms with van der Waals surface area (Å²) >= 11 is 0. The average Bonchev–Trinajstić information content (AvgIpc) is 2.84.